The van der Waals surface area contributed by atoms with E-state index in [0.29, 0.717) is 24.8 Å². The summed E-state index contributed by atoms with van der Waals surface area (Å²) in [6.45, 7) is 6.93. The Labute approximate surface area is 195 Å². The van der Waals surface area contributed by atoms with Gasteiger partial charge in [0.15, 0.2) is 5.69 Å². The molecule has 1 heterocycles. The van der Waals surface area contributed by atoms with Gasteiger partial charge in [-0.3, -0.25) is 0 Å². The highest BCUT2D eigenvalue weighted by atomic mass is 16.6. The minimum Gasteiger partial charge on any atom is -0.477 e. The van der Waals surface area contributed by atoms with Crippen LogP contribution in [0.25, 0.3) is 0 Å². The molecule has 4 rings (SSSR count). The number of hydrogen-bond donors (Lipinski definition) is 2. The third-order valence-electron chi connectivity index (χ3n) is 6.55. The van der Waals surface area contributed by atoms with Crippen molar-refractivity contribution in [2.24, 2.45) is 5.41 Å². The summed E-state index contributed by atoms with van der Waals surface area (Å²) >= 11 is 0. The maximum atomic E-state index is 13.2. The summed E-state index contributed by atoms with van der Waals surface area (Å²) in [4.78, 5) is 30.6. The third-order valence-corrected chi connectivity index (χ3v) is 6.55. The van der Waals surface area contributed by atoms with Crippen LogP contribution in [0.3, 0.4) is 0 Å². The molecular weight excluding hydrogens is 418 g/mol. The van der Waals surface area contributed by atoms with Crippen LogP contribution in [0.1, 0.15) is 68.4 Å². The first-order valence-electron chi connectivity index (χ1n) is 11.6. The molecule has 1 amide bonds. The number of rotatable bonds is 8. The van der Waals surface area contributed by atoms with Crippen LogP contribution in [0.15, 0.2) is 48.5 Å². The van der Waals surface area contributed by atoms with Crippen molar-refractivity contribution >= 4 is 17.9 Å². The Morgan fingerprint density at radius 2 is 1.88 bits per heavy atom. The van der Waals surface area contributed by atoms with E-state index in [1.807, 2.05) is 43.9 Å². The number of aromatic carboxylic acids is 1. The lowest BCUT2D eigenvalue weighted by molar-refractivity contribution is 0.00380. The van der Waals surface area contributed by atoms with Gasteiger partial charge in [-0.15, -0.1) is 0 Å². The van der Waals surface area contributed by atoms with Gasteiger partial charge in [-0.2, -0.15) is 0 Å². The van der Waals surface area contributed by atoms with Gasteiger partial charge in [0.05, 0.1) is 0 Å². The van der Waals surface area contributed by atoms with Crippen molar-refractivity contribution in [3.63, 3.8) is 0 Å². The first-order valence-corrected chi connectivity index (χ1v) is 11.6. The molecule has 2 fully saturated rings. The van der Waals surface area contributed by atoms with E-state index in [2.05, 4.69) is 22.4 Å². The molecule has 2 aliphatic carbocycles. The Morgan fingerprint density at radius 1 is 1.15 bits per heavy atom. The number of anilines is 1. The zero-order chi connectivity index (χ0) is 23.6. The number of ether oxygens (including phenoxy) is 1. The molecule has 0 radical (unpaired) electrons. The van der Waals surface area contributed by atoms with Gasteiger partial charge in [-0.1, -0.05) is 42.8 Å². The molecule has 0 aliphatic heterocycles. The fourth-order valence-electron chi connectivity index (χ4n) is 4.58. The molecule has 2 aromatic rings. The van der Waals surface area contributed by atoms with Crippen molar-refractivity contribution in [3.05, 3.63) is 59.8 Å². The van der Waals surface area contributed by atoms with Gasteiger partial charge >= 0.3 is 12.1 Å². The topological polar surface area (TPSA) is 91.8 Å². The largest absolute Gasteiger partial charge is 0.477 e. The molecule has 0 spiro atoms. The first-order chi connectivity index (χ1) is 15.7. The van der Waals surface area contributed by atoms with Crippen LogP contribution in [0.2, 0.25) is 0 Å². The maximum Gasteiger partial charge on any atom is 0.410 e. The number of aromatic nitrogens is 1. The Balaban J connectivity index is 1.48. The molecule has 2 aliphatic rings. The Bertz CT molecular complexity index is 998. The van der Waals surface area contributed by atoms with Crippen LogP contribution in [-0.2, 0) is 4.74 Å². The van der Waals surface area contributed by atoms with Crippen molar-refractivity contribution in [1.29, 1.82) is 0 Å². The molecule has 2 saturated carbocycles. The number of hydrogen-bond acceptors (Lipinski definition) is 5. The van der Waals surface area contributed by atoms with E-state index >= 15 is 0 Å². The van der Waals surface area contributed by atoms with E-state index < -0.39 is 11.6 Å². The molecule has 176 valence electrons. The number of pyridine rings is 1. The Kier molecular flexibility index (Phi) is 6.32. The third kappa shape index (κ3) is 5.64. The van der Waals surface area contributed by atoms with Crippen molar-refractivity contribution in [2.45, 2.75) is 64.0 Å². The van der Waals surface area contributed by atoms with Crippen LogP contribution >= 0.6 is 0 Å². The summed E-state index contributed by atoms with van der Waals surface area (Å²) in [6, 6.07) is 15.4. The second-order valence-electron chi connectivity index (χ2n) is 10.3. The molecule has 33 heavy (non-hydrogen) atoms. The van der Waals surface area contributed by atoms with E-state index in [1.165, 1.54) is 11.6 Å². The summed E-state index contributed by atoms with van der Waals surface area (Å²) in [5.41, 5.74) is 0.633. The van der Waals surface area contributed by atoms with Gasteiger partial charge in [0, 0.05) is 30.5 Å². The number of carbonyl (C=O) groups excluding carboxylic acids is 1. The summed E-state index contributed by atoms with van der Waals surface area (Å²) in [5, 5.41) is 12.5. The lowest BCUT2D eigenvalue weighted by Gasteiger charge is -2.45. The first kappa shape index (κ1) is 23.1. The zero-order valence-corrected chi connectivity index (χ0v) is 19.6. The van der Waals surface area contributed by atoms with Gasteiger partial charge in [0.1, 0.15) is 11.4 Å². The fraction of sp³-hybridized carbons (Fsp3) is 0.500. The molecule has 2 atom stereocenters. The number of nitrogens with one attached hydrogen (secondary N) is 1. The molecule has 2 unspecified atom stereocenters. The van der Waals surface area contributed by atoms with Gasteiger partial charge in [-0.05, 0) is 57.7 Å². The van der Waals surface area contributed by atoms with Gasteiger partial charge in [0.2, 0.25) is 0 Å². The minimum atomic E-state index is -1.05. The highest BCUT2D eigenvalue weighted by Gasteiger charge is 2.50. The minimum absolute atomic E-state index is 0.0155. The van der Waals surface area contributed by atoms with Crippen LogP contribution in [0.5, 0.6) is 0 Å². The van der Waals surface area contributed by atoms with Crippen molar-refractivity contribution in [3.8, 4) is 0 Å². The highest BCUT2D eigenvalue weighted by molar-refractivity contribution is 5.85. The van der Waals surface area contributed by atoms with E-state index in [4.69, 9.17) is 4.74 Å². The highest BCUT2D eigenvalue weighted by Crippen LogP contribution is 2.49. The van der Waals surface area contributed by atoms with E-state index in [0.717, 1.165) is 25.7 Å². The molecular formula is C26H33N3O4. The summed E-state index contributed by atoms with van der Waals surface area (Å²) in [7, 11) is 0. The predicted molar refractivity (Wildman–Crippen MR) is 126 cm³/mol. The van der Waals surface area contributed by atoms with Crippen LogP contribution in [0, 0.1) is 5.41 Å². The molecule has 1 aromatic carbocycles. The van der Waals surface area contributed by atoms with Crippen LogP contribution < -0.4 is 5.32 Å². The number of carboxylic acid groups (broad SMARTS) is 1. The SMILES string of the molecule is CC(C)(C)OC(=O)N(CC1(CNc2cccc(C(=O)O)n2)CCC1)C1CC1c1ccccc1. The van der Waals surface area contributed by atoms with Gasteiger partial charge in [-0.25, -0.2) is 14.6 Å². The Morgan fingerprint density at radius 3 is 2.48 bits per heavy atom. The molecule has 0 bridgehead atoms. The summed E-state index contributed by atoms with van der Waals surface area (Å²) in [6.07, 6.45) is 3.79. The van der Waals surface area contributed by atoms with Crippen molar-refractivity contribution in [2.75, 3.05) is 18.4 Å². The molecule has 0 saturated heterocycles. The molecule has 1 aromatic heterocycles. The van der Waals surface area contributed by atoms with E-state index in [-0.39, 0.29) is 23.2 Å². The summed E-state index contributed by atoms with van der Waals surface area (Å²) < 4.78 is 5.79. The fourth-order valence-corrected chi connectivity index (χ4v) is 4.58. The second kappa shape index (κ2) is 9.04. The number of amides is 1. The Hall–Kier alpha value is -3.09. The number of nitrogens with zero attached hydrogens (tertiary/aromatic N) is 2. The standard InChI is InChI=1S/C26H33N3O4/c1-25(2,3)33-24(32)29(21-15-19(21)18-9-5-4-6-10-18)17-26(13-8-14-26)16-27-22-12-7-11-20(28-22)23(30)31/h4-7,9-12,19,21H,8,13-17H2,1-3H3,(H,27,28)(H,30,31). The predicted octanol–water partition coefficient (Wildman–Crippen LogP) is 5.16. The number of carboxylic acids is 1. The van der Waals surface area contributed by atoms with Crippen molar-refractivity contribution < 1.29 is 19.4 Å². The van der Waals surface area contributed by atoms with E-state index in [1.54, 1.807) is 12.1 Å². The quantitative estimate of drug-likeness (QED) is 0.576. The molecule has 7 heteroatoms. The number of carbonyl (C=O) groups is 2. The lowest BCUT2D eigenvalue weighted by atomic mass is 9.68. The molecule has 7 nitrogen and oxygen atoms in total. The van der Waals surface area contributed by atoms with Gasteiger partial charge < -0.3 is 20.1 Å². The van der Waals surface area contributed by atoms with Gasteiger partial charge in [0.25, 0.3) is 0 Å². The lowest BCUT2D eigenvalue weighted by Crippen LogP contribution is -2.50. The smallest absolute Gasteiger partial charge is 0.410 e. The average Bonchev–Trinajstić information content (AvgIpc) is 3.53. The second-order valence-corrected chi connectivity index (χ2v) is 10.3. The average molecular weight is 452 g/mol. The zero-order valence-electron chi connectivity index (χ0n) is 19.6. The monoisotopic (exact) mass is 451 g/mol. The molecule has 2 N–H and O–H groups in total. The van der Waals surface area contributed by atoms with Crippen LogP contribution in [-0.4, -0.2) is 51.8 Å². The number of benzene rings is 1. The normalized spacial score (nSPS) is 20.9. The van der Waals surface area contributed by atoms with E-state index in [9.17, 15) is 14.7 Å². The van der Waals surface area contributed by atoms with Crippen molar-refractivity contribution in [1.82, 2.24) is 9.88 Å². The van der Waals surface area contributed by atoms with Crippen LogP contribution in [0.4, 0.5) is 10.6 Å². The maximum absolute atomic E-state index is 13.2. The summed E-state index contributed by atoms with van der Waals surface area (Å²) in [5.74, 6) is -0.176.